The van der Waals surface area contributed by atoms with Crippen molar-refractivity contribution in [1.29, 1.82) is 0 Å². The fraction of sp³-hybridized carbons (Fsp3) is 0.192. The average Bonchev–Trinajstić information content (AvgIpc) is 2.83. The first-order valence-corrected chi connectivity index (χ1v) is 12.6. The first-order valence-electron chi connectivity index (χ1n) is 11.1. The number of nitrogens with zero attached hydrogens (tertiary/aromatic N) is 4. The minimum absolute atomic E-state index is 0.00973. The molecule has 0 amide bonds. The Balaban J connectivity index is 1.74. The van der Waals surface area contributed by atoms with Crippen molar-refractivity contribution >= 4 is 54.7 Å². The predicted octanol–water partition coefficient (Wildman–Crippen LogP) is 6.73. The molecule has 4 rings (SSSR count). The van der Waals surface area contributed by atoms with Crippen LogP contribution in [0.15, 0.2) is 73.4 Å². The number of nitro benzene ring substituents is 1. The van der Waals surface area contributed by atoms with Crippen molar-refractivity contribution in [3.05, 3.63) is 107 Å². The molecule has 0 radical (unpaired) electrons. The molecule has 0 aliphatic rings. The van der Waals surface area contributed by atoms with Gasteiger partial charge in [0.25, 0.3) is 5.56 Å². The van der Waals surface area contributed by atoms with Crippen LogP contribution in [0, 0.1) is 15.9 Å². The Morgan fingerprint density at radius 3 is 2.49 bits per heavy atom. The van der Waals surface area contributed by atoms with Gasteiger partial charge in [-0.2, -0.15) is 9.78 Å². The maximum Gasteiger partial charge on any atom is 0.312 e. The summed E-state index contributed by atoms with van der Waals surface area (Å²) in [6.45, 7) is 5.76. The van der Waals surface area contributed by atoms with E-state index in [-0.39, 0.29) is 29.4 Å². The van der Waals surface area contributed by atoms with Crippen LogP contribution in [0.5, 0.6) is 5.75 Å². The van der Waals surface area contributed by atoms with Gasteiger partial charge in [0.2, 0.25) is 5.75 Å². The van der Waals surface area contributed by atoms with Gasteiger partial charge in [0.05, 0.1) is 26.5 Å². The largest absolute Gasteiger partial charge is 0.481 e. The zero-order valence-electron chi connectivity index (χ0n) is 20.0. The Labute approximate surface area is 228 Å². The highest BCUT2D eigenvalue weighted by molar-refractivity contribution is 9.10. The van der Waals surface area contributed by atoms with E-state index in [2.05, 4.69) is 41.9 Å². The number of ether oxygens (including phenoxy) is 1. The molecule has 8 nitrogen and oxygen atoms in total. The Bertz CT molecular complexity index is 1600. The van der Waals surface area contributed by atoms with Gasteiger partial charge in [0.15, 0.2) is 0 Å². The fourth-order valence-electron chi connectivity index (χ4n) is 3.55. The van der Waals surface area contributed by atoms with Crippen molar-refractivity contribution in [2.75, 3.05) is 0 Å². The van der Waals surface area contributed by atoms with E-state index in [9.17, 15) is 19.3 Å². The quantitative estimate of drug-likeness (QED) is 0.133. The Hall–Kier alpha value is -3.44. The van der Waals surface area contributed by atoms with Gasteiger partial charge in [-0.15, -0.1) is 0 Å². The Morgan fingerprint density at radius 2 is 1.84 bits per heavy atom. The van der Waals surface area contributed by atoms with Crippen molar-refractivity contribution in [2.24, 2.45) is 5.10 Å². The van der Waals surface area contributed by atoms with E-state index in [1.807, 2.05) is 26.8 Å². The van der Waals surface area contributed by atoms with Crippen LogP contribution in [0.1, 0.15) is 37.7 Å². The van der Waals surface area contributed by atoms with E-state index in [4.69, 9.17) is 4.74 Å². The lowest BCUT2D eigenvalue weighted by Gasteiger charge is -2.20. The van der Waals surface area contributed by atoms with Crippen molar-refractivity contribution in [3.63, 3.8) is 0 Å². The normalized spacial score (nSPS) is 11.8. The van der Waals surface area contributed by atoms with Gasteiger partial charge in [-0.3, -0.25) is 14.9 Å². The molecule has 0 N–H and O–H groups in total. The number of hydrogen-bond donors (Lipinski definition) is 0. The van der Waals surface area contributed by atoms with E-state index in [0.29, 0.717) is 32.3 Å². The predicted molar refractivity (Wildman–Crippen MR) is 147 cm³/mol. The van der Waals surface area contributed by atoms with Crippen LogP contribution < -0.4 is 10.3 Å². The summed E-state index contributed by atoms with van der Waals surface area (Å²) in [6, 6.07) is 13.8. The average molecular weight is 632 g/mol. The summed E-state index contributed by atoms with van der Waals surface area (Å²) < 4.78 is 21.1. The number of halogens is 3. The molecule has 190 valence electrons. The van der Waals surface area contributed by atoms with Crippen LogP contribution in [-0.2, 0) is 12.0 Å². The molecule has 0 atom stereocenters. The first-order chi connectivity index (χ1) is 17.4. The topological polar surface area (TPSA) is 99.6 Å². The molecule has 1 heterocycles. The maximum atomic E-state index is 13.3. The molecule has 4 aromatic rings. The first kappa shape index (κ1) is 26.6. The van der Waals surface area contributed by atoms with Crippen molar-refractivity contribution in [2.45, 2.75) is 32.8 Å². The summed E-state index contributed by atoms with van der Waals surface area (Å²) >= 11 is 6.72. The number of hydrogen-bond acceptors (Lipinski definition) is 6. The SMILES string of the molecule is CC(C)(C)c1nc2ccc(Br)cc2c(=O)n1N=Cc1cc(Br)c(OCc2ccc(F)cc2)c([N+](=O)[O-])c1. The summed E-state index contributed by atoms with van der Waals surface area (Å²) in [6.07, 6.45) is 1.36. The van der Waals surface area contributed by atoms with Gasteiger partial charge in [0, 0.05) is 21.5 Å². The highest BCUT2D eigenvalue weighted by Gasteiger charge is 2.24. The van der Waals surface area contributed by atoms with Crippen LogP contribution in [0.4, 0.5) is 10.1 Å². The standard InChI is InChI=1S/C26H21Br2FN4O4/c1-26(2,3)25-31-21-9-6-17(27)12-19(21)24(34)32(25)30-13-16-10-20(28)23(22(11-16)33(35)36)37-14-15-4-7-18(29)8-5-15/h4-13H,14H2,1-3H3. The molecular weight excluding hydrogens is 611 g/mol. The van der Waals surface area contributed by atoms with Gasteiger partial charge in [0.1, 0.15) is 18.2 Å². The molecule has 3 aromatic carbocycles. The molecule has 0 saturated heterocycles. The number of rotatable bonds is 6. The zero-order chi connectivity index (χ0) is 26.9. The lowest BCUT2D eigenvalue weighted by Crippen LogP contribution is -2.29. The van der Waals surface area contributed by atoms with Gasteiger partial charge in [-0.05, 0) is 57.9 Å². The molecule has 37 heavy (non-hydrogen) atoms. The summed E-state index contributed by atoms with van der Waals surface area (Å²) in [7, 11) is 0. The second-order valence-electron chi connectivity index (χ2n) is 9.23. The van der Waals surface area contributed by atoms with E-state index in [1.54, 1.807) is 18.2 Å². The lowest BCUT2D eigenvalue weighted by molar-refractivity contribution is -0.386. The second-order valence-corrected chi connectivity index (χ2v) is 11.0. The minimum Gasteiger partial charge on any atom is -0.481 e. The zero-order valence-corrected chi connectivity index (χ0v) is 23.2. The summed E-state index contributed by atoms with van der Waals surface area (Å²) in [5, 5.41) is 16.6. The molecule has 0 spiro atoms. The molecule has 0 saturated carbocycles. The van der Waals surface area contributed by atoms with Crippen LogP contribution in [-0.4, -0.2) is 20.8 Å². The summed E-state index contributed by atoms with van der Waals surface area (Å²) in [4.78, 5) is 29.2. The van der Waals surface area contributed by atoms with E-state index in [1.165, 1.54) is 41.2 Å². The van der Waals surface area contributed by atoms with Crippen LogP contribution in [0.25, 0.3) is 10.9 Å². The Kier molecular flexibility index (Phi) is 7.56. The van der Waals surface area contributed by atoms with Crippen LogP contribution in [0.3, 0.4) is 0 Å². The fourth-order valence-corrected chi connectivity index (χ4v) is 4.50. The van der Waals surface area contributed by atoms with E-state index >= 15 is 0 Å². The summed E-state index contributed by atoms with van der Waals surface area (Å²) in [5.74, 6) is 0.0788. The van der Waals surface area contributed by atoms with Gasteiger partial charge >= 0.3 is 5.69 Å². The third-order valence-corrected chi connectivity index (χ3v) is 6.42. The molecule has 0 unspecified atom stereocenters. The molecule has 11 heteroatoms. The van der Waals surface area contributed by atoms with E-state index < -0.39 is 10.3 Å². The highest BCUT2D eigenvalue weighted by atomic mass is 79.9. The minimum atomic E-state index is -0.566. The molecule has 0 fully saturated rings. The number of benzene rings is 3. The molecule has 0 aliphatic carbocycles. The second kappa shape index (κ2) is 10.5. The third kappa shape index (κ3) is 5.94. The molecular formula is C26H21Br2FN4O4. The number of nitro groups is 1. The Morgan fingerprint density at radius 1 is 1.14 bits per heavy atom. The highest BCUT2D eigenvalue weighted by Crippen LogP contribution is 2.36. The monoisotopic (exact) mass is 630 g/mol. The van der Waals surface area contributed by atoms with Gasteiger partial charge < -0.3 is 4.74 Å². The maximum absolute atomic E-state index is 13.3. The molecule has 0 bridgehead atoms. The number of aromatic nitrogens is 2. The third-order valence-electron chi connectivity index (χ3n) is 5.34. The molecule has 1 aromatic heterocycles. The summed E-state index contributed by atoms with van der Waals surface area (Å²) in [5.41, 5.74) is 0.405. The van der Waals surface area contributed by atoms with Crippen LogP contribution >= 0.6 is 31.9 Å². The van der Waals surface area contributed by atoms with Crippen LogP contribution in [0.2, 0.25) is 0 Å². The van der Waals surface area contributed by atoms with Crippen molar-refractivity contribution in [1.82, 2.24) is 9.66 Å². The van der Waals surface area contributed by atoms with Crippen molar-refractivity contribution < 1.29 is 14.1 Å². The van der Waals surface area contributed by atoms with E-state index in [0.717, 1.165) is 4.47 Å². The molecule has 0 aliphatic heterocycles. The smallest absolute Gasteiger partial charge is 0.312 e. The number of fused-ring (bicyclic) bond motifs is 1. The van der Waals surface area contributed by atoms with Crippen molar-refractivity contribution in [3.8, 4) is 5.75 Å². The van der Waals surface area contributed by atoms with Gasteiger partial charge in [-0.25, -0.2) is 9.37 Å². The lowest BCUT2D eigenvalue weighted by atomic mass is 9.95. The van der Waals surface area contributed by atoms with Gasteiger partial charge in [-0.1, -0.05) is 48.8 Å².